The fraction of sp³-hybridized carbons (Fsp3) is 0.467. The molecule has 2 aromatic heterocycles. The van der Waals surface area contributed by atoms with Crippen LogP contribution in [0.5, 0.6) is 0 Å². The molecule has 0 bridgehead atoms. The van der Waals surface area contributed by atoms with Crippen molar-refractivity contribution in [3.63, 3.8) is 0 Å². The van der Waals surface area contributed by atoms with Gasteiger partial charge < -0.3 is 10.2 Å². The SMILES string of the molecule is Cc1cc(CN(C)C(C)Cc2cccs2)oc1CN. The molecule has 0 radical (unpaired) electrons. The molecule has 1 atom stereocenters. The number of rotatable bonds is 6. The Bertz CT molecular complexity index is 504. The summed E-state index contributed by atoms with van der Waals surface area (Å²) in [4.78, 5) is 3.75. The van der Waals surface area contributed by atoms with Crippen molar-refractivity contribution in [1.29, 1.82) is 0 Å². The maximum Gasteiger partial charge on any atom is 0.120 e. The van der Waals surface area contributed by atoms with Gasteiger partial charge in [0.1, 0.15) is 11.5 Å². The summed E-state index contributed by atoms with van der Waals surface area (Å²) >= 11 is 1.82. The zero-order chi connectivity index (χ0) is 13.8. The molecule has 0 aliphatic carbocycles. The summed E-state index contributed by atoms with van der Waals surface area (Å²) in [6.45, 7) is 5.59. The number of nitrogens with two attached hydrogens (primary N) is 1. The molecule has 2 rings (SSSR count). The van der Waals surface area contributed by atoms with Gasteiger partial charge in [0, 0.05) is 10.9 Å². The van der Waals surface area contributed by atoms with Crippen LogP contribution in [-0.2, 0) is 19.5 Å². The number of furan rings is 1. The first kappa shape index (κ1) is 14.3. The van der Waals surface area contributed by atoms with E-state index in [-0.39, 0.29) is 0 Å². The van der Waals surface area contributed by atoms with Crippen LogP contribution < -0.4 is 5.73 Å². The van der Waals surface area contributed by atoms with Gasteiger partial charge in [0.05, 0.1) is 13.1 Å². The molecule has 2 aromatic rings. The normalized spacial score (nSPS) is 13.1. The molecule has 2 heterocycles. The van der Waals surface area contributed by atoms with E-state index < -0.39 is 0 Å². The summed E-state index contributed by atoms with van der Waals surface area (Å²) in [5.74, 6) is 1.90. The van der Waals surface area contributed by atoms with Crippen LogP contribution in [0.1, 0.15) is 28.9 Å². The average Bonchev–Trinajstić information content (AvgIpc) is 2.98. The van der Waals surface area contributed by atoms with Crippen molar-refractivity contribution in [2.45, 2.75) is 39.4 Å². The van der Waals surface area contributed by atoms with Crippen LogP contribution >= 0.6 is 11.3 Å². The molecule has 1 unspecified atom stereocenters. The zero-order valence-corrected chi connectivity index (χ0v) is 12.7. The molecule has 3 nitrogen and oxygen atoms in total. The van der Waals surface area contributed by atoms with Gasteiger partial charge >= 0.3 is 0 Å². The van der Waals surface area contributed by atoms with Gasteiger partial charge in [-0.1, -0.05) is 6.07 Å². The maximum atomic E-state index is 5.76. The molecule has 0 fully saturated rings. The van der Waals surface area contributed by atoms with Crippen molar-refractivity contribution in [1.82, 2.24) is 4.90 Å². The highest BCUT2D eigenvalue weighted by Crippen LogP contribution is 2.18. The van der Waals surface area contributed by atoms with E-state index >= 15 is 0 Å². The summed E-state index contributed by atoms with van der Waals surface area (Å²) in [7, 11) is 2.14. The number of hydrogen-bond donors (Lipinski definition) is 1. The maximum absolute atomic E-state index is 5.76. The number of aryl methyl sites for hydroxylation is 1. The molecular formula is C15H22N2OS. The monoisotopic (exact) mass is 278 g/mol. The molecule has 0 spiro atoms. The van der Waals surface area contributed by atoms with E-state index in [4.69, 9.17) is 10.2 Å². The Morgan fingerprint density at radius 3 is 2.84 bits per heavy atom. The standard InChI is InChI=1S/C15H22N2OS/c1-11-7-13(18-15(11)9-16)10-17(3)12(2)8-14-5-4-6-19-14/h4-7,12H,8-10,16H2,1-3H3. The topological polar surface area (TPSA) is 42.4 Å². The molecule has 19 heavy (non-hydrogen) atoms. The lowest BCUT2D eigenvalue weighted by Gasteiger charge is -2.23. The summed E-state index contributed by atoms with van der Waals surface area (Å²) in [5.41, 5.74) is 6.79. The third-order valence-corrected chi connectivity index (χ3v) is 4.39. The highest BCUT2D eigenvalue weighted by molar-refractivity contribution is 7.09. The van der Waals surface area contributed by atoms with E-state index in [0.717, 1.165) is 30.0 Å². The molecule has 0 amide bonds. The lowest BCUT2D eigenvalue weighted by Crippen LogP contribution is -2.30. The zero-order valence-electron chi connectivity index (χ0n) is 11.8. The first-order valence-electron chi connectivity index (χ1n) is 6.61. The lowest BCUT2D eigenvalue weighted by molar-refractivity contribution is 0.227. The summed E-state index contributed by atoms with van der Waals surface area (Å²) in [6.07, 6.45) is 1.08. The highest BCUT2D eigenvalue weighted by atomic mass is 32.1. The van der Waals surface area contributed by atoms with E-state index in [1.165, 1.54) is 4.88 Å². The van der Waals surface area contributed by atoms with Crippen molar-refractivity contribution >= 4 is 11.3 Å². The van der Waals surface area contributed by atoms with Gasteiger partial charge in [0.2, 0.25) is 0 Å². The highest BCUT2D eigenvalue weighted by Gasteiger charge is 2.14. The predicted molar refractivity (Wildman–Crippen MR) is 80.3 cm³/mol. The van der Waals surface area contributed by atoms with Crippen LogP contribution in [0.25, 0.3) is 0 Å². The summed E-state index contributed by atoms with van der Waals surface area (Å²) in [5, 5.41) is 2.13. The third kappa shape index (κ3) is 3.69. The van der Waals surface area contributed by atoms with Crippen LogP contribution in [0.3, 0.4) is 0 Å². The molecule has 4 heteroatoms. The van der Waals surface area contributed by atoms with Crippen molar-refractivity contribution in [2.24, 2.45) is 5.73 Å². The second-order valence-corrected chi connectivity index (χ2v) is 6.10. The lowest BCUT2D eigenvalue weighted by atomic mass is 10.2. The van der Waals surface area contributed by atoms with E-state index in [0.29, 0.717) is 12.6 Å². The number of nitrogens with zero attached hydrogens (tertiary/aromatic N) is 1. The Hall–Kier alpha value is -1.10. The smallest absolute Gasteiger partial charge is 0.120 e. The second kappa shape index (κ2) is 6.37. The van der Waals surface area contributed by atoms with Gasteiger partial charge in [-0.15, -0.1) is 11.3 Å². The Kier molecular flexibility index (Phi) is 4.80. The fourth-order valence-corrected chi connectivity index (χ4v) is 2.97. The number of thiophene rings is 1. The minimum Gasteiger partial charge on any atom is -0.463 e. The molecule has 0 aliphatic heterocycles. The summed E-state index contributed by atoms with van der Waals surface area (Å²) in [6, 6.07) is 6.89. The van der Waals surface area contributed by atoms with Gasteiger partial charge in [-0.25, -0.2) is 0 Å². The van der Waals surface area contributed by atoms with Crippen molar-refractivity contribution in [3.05, 3.63) is 45.5 Å². The molecule has 2 N–H and O–H groups in total. The van der Waals surface area contributed by atoms with Crippen LogP contribution in [0, 0.1) is 6.92 Å². The third-order valence-electron chi connectivity index (χ3n) is 3.49. The molecule has 0 aromatic carbocycles. The second-order valence-electron chi connectivity index (χ2n) is 5.07. The minimum absolute atomic E-state index is 0.473. The van der Waals surface area contributed by atoms with Gasteiger partial charge in [-0.05, 0) is 50.4 Å². The molecule has 0 saturated heterocycles. The van der Waals surface area contributed by atoms with Gasteiger partial charge in [-0.2, -0.15) is 0 Å². The first-order valence-corrected chi connectivity index (χ1v) is 7.49. The van der Waals surface area contributed by atoms with Crippen LogP contribution in [0.15, 0.2) is 28.0 Å². The van der Waals surface area contributed by atoms with Crippen LogP contribution in [-0.4, -0.2) is 18.0 Å². The quantitative estimate of drug-likeness (QED) is 0.882. The van der Waals surface area contributed by atoms with Gasteiger partial charge in [0.25, 0.3) is 0 Å². The molecule has 0 aliphatic rings. The van der Waals surface area contributed by atoms with Crippen molar-refractivity contribution < 1.29 is 4.42 Å². The number of likely N-dealkylation sites (N-methyl/N-ethyl adjacent to an activating group) is 1. The molecule has 0 saturated carbocycles. The molecule has 104 valence electrons. The van der Waals surface area contributed by atoms with E-state index in [2.05, 4.69) is 42.5 Å². The minimum atomic E-state index is 0.473. The Morgan fingerprint density at radius 2 is 2.26 bits per heavy atom. The van der Waals surface area contributed by atoms with E-state index in [9.17, 15) is 0 Å². The van der Waals surface area contributed by atoms with Gasteiger partial charge in [0.15, 0.2) is 0 Å². The Balaban J connectivity index is 1.93. The van der Waals surface area contributed by atoms with Crippen molar-refractivity contribution in [2.75, 3.05) is 7.05 Å². The van der Waals surface area contributed by atoms with E-state index in [1.54, 1.807) is 0 Å². The largest absolute Gasteiger partial charge is 0.463 e. The molecular weight excluding hydrogens is 256 g/mol. The van der Waals surface area contributed by atoms with Gasteiger partial charge in [-0.3, -0.25) is 4.90 Å². The predicted octanol–water partition coefficient (Wildman–Crippen LogP) is 3.17. The average molecular weight is 278 g/mol. The Labute approximate surface area is 119 Å². The van der Waals surface area contributed by atoms with Crippen LogP contribution in [0.4, 0.5) is 0 Å². The Morgan fingerprint density at radius 1 is 1.47 bits per heavy atom. The number of hydrogen-bond acceptors (Lipinski definition) is 4. The fourth-order valence-electron chi connectivity index (χ4n) is 2.15. The first-order chi connectivity index (χ1) is 9.10. The van der Waals surface area contributed by atoms with Crippen molar-refractivity contribution in [3.8, 4) is 0 Å². The summed E-state index contributed by atoms with van der Waals surface area (Å²) < 4.78 is 5.76. The van der Waals surface area contributed by atoms with Crippen LogP contribution in [0.2, 0.25) is 0 Å². The van der Waals surface area contributed by atoms with E-state index in [1.807, 2.05) is 18.3 Å².